The van der Waals surface area contributed by atoms with Crippen molar-refractivity contribution in [1.29, 1.82) is 5.26 Å². The van der Waals surface area contributed by atoms with Crippen LogP contribution in [0.5, 0.6) is 5.88 Å². The lowest BCUT2D eigenvalue weighted by Gasteiger charge is -2.11. The number of aromatic nitrogens is 1. The van der Waals surface area contributed by atoms with E-state index in [0.717, 1.165) is 6.07 Å². The number of hydrogen-bond donors (Lipinski definition) is 1. The molecular formula is C8H5F4N3O. The minimum atomic E-state index is -5.00. The van der Waals surface area contributed by atoms with Crippen LogP contribution in [0.1, 0.15) is 11.3 Å². The highest BCUT2D eigenvalue weighted by Gasteiger charge is 2.33. The Morgan fingerprint density at radius 2 is 2.12 bits per heavy atom. The quantitative estimate of drug-likeness (QED) is 0.794. The predicted octanol–water partition coefficient (Wildman–Crippen LogP) is 1.90. The Hall–Kier alpha value is -2.04. The minimum absolute atomic E-state index is 0.204. The zero-order chi connectivity index (χ0) is 12.3. The molecule has 16 heavy (non-hydrogen) atoms. The maximum absolute atomic E-state index is 12.4. The number of nitrogens with zero attached hydrogens (tertiary/aromatic N) is 2. The van der Waals surface area contributed by atoms with Gasteiger partial charge in [0.05, 0.1) is 5.69 Å². The van der Waals surface area contributed by atoms with Gasteiger partial charge in [-0.15, -0.1) is 13.2 Å². The molecule has 1 aromatic rings. The first kappa shape index (κ1) is 12.0. The van der Waals surface area contributed by atoms with E-state index in [-0.39, 0.29) is 5.69 Å². The molecule has 1 heterocycles. The van der Waals surface area contributed by atoms with Crippen molar-refractivity contribution in [2.24, 2.45) is 0 Å². The number of anilines is 1. The Morgan fingerprint density at radius 3 is 2.56 bits per heavy atom. The molecule has 0 fully saturated rings. The fourth-order valence-corrected chi connectivity index (χ4v) is 0.939. The van der Waals surface area contributed by atoms with E-state index in [1.54, 1.807) is 0 Å². The number of nitrogen functional groups attached to an aromatic ring is 1. The first-order valence-corrected chi connectivity index (χ1v) is 3.88. The molecule has 0 amide bonds. The van der Waals surface area contributed by atoms with Crippen molar-refractivity contribution in [2.45, 2.75) is 13.0 Å². The van der Waals surface area contributed by atoms with E-state index >= 15 is 0 Å². The van der Waals surface area contributed by atoms with E-state index in [4.69, 9.17) is 11.0 Å². The molecule has 1 aromatic heterocycles. The summed E-state index contributed by atoms with van der Waals surface area (Å²) in [6.07, 6.45) is -5.00. The largest absolute Gasteiger partial charge is 0.574 e. The van der Waals surface area contributed by atoms with Gasteiger partial charge in [0.2, 0.25) is 5.88 Å². The summed E-state index contributed by atoms with van der Waals surface area (Å²) < 4.78 is 51.5. The molecule has 0 saturated carbocycles. The molecule has 4 nitrogen and oxygen atoms in total. The highest BCUT2D eigenvalue weighted by atomic mass is 19.4. The van der Waals surface area contributed by atoms with Crippen LogP contribution >= 0.6 is 0 Å². The summed E-state index contributed by atoms with van der Waals surface area (Å²) in [6, 6.07) is 2.35. The van der Waals surface area contributed by atoms with Crippen molar-refractivity contribution in [3.8, 4) is 11.9 Å². The monoisotopic (exact) mass is 235 g/mol. The van der Waals surface area contributed by atoms with Gasteiger partial charge in [-0.2, -0.15) is 10.2 Å². The third kappa shape index (κ3) is 2.73. The summed E-state index contributed by atoms with van der Waals surface area (Å²) in [5.41, 5.74) is 4.14. The average molecular weight is 235 g/mol. The second kappa shape index (κ2) is 4.22. The van der Waals surface area contributed by atoms with Gasteiger partial charge in [0, 0.05) is 5.56 Å². The number of pyridine rings is 1. The highest BCUT2D eigenvalue weighted by Crippen LogP contribution is 2.27. The Morgan fingerprint density at radius 1 is 1.50 bits per heavy atom. The lowest BCUT2D eigenvalue weighted by atomic mass is 10.2. The lowest BCUT2D eigenvalue weighted by Crippen LogP contribution is -2.19. The van der Waals surface area contributed by atoms with Gasteiger partial charge >= 0.3 is 6.36 Å². The summed E-state index contributed by atoms with van der Waals surface area (Å²) in [7, 11) is 0. The van der Waals surface area contributed by atoms with Crippen molar-refractivity contribution in [3.63, 3.8) is 0 Å². The van der Waals surface area contributed by atoms with Crippen LogP contribution in [0.25, 0.3) is 0 Å². The summed E-state index contributed by atoms with van der Waals surface area (Å²) in [4.78, 5) is 3.18. The molecule has 0 aliphatic rings. The lowest BCUT2D eigenvalue weighted by molar-refractivity contribution is -0.276. The number of ether oxygens (including phenoxy) is 1. The number of nitriles is 1. The van der Waals surface area contributed by atoms with Crippen LogP contribution in [0.15, 0.2) is 6.07 Å². The zero-order valence-corrected chi connectivity index (χ0v) is 7.68. The van der Waals surface area contributed by atoms with Crippen molar-refractivity contribution in [1.82, 2.24) is 4.98 Å². The van der Waals surface area contributed by atoms with Crippen LogP contribution in [0.4, 0.5) is 23.2 Å². The molecule has 0 spiro atoms. The third-order valence-corrected chi connectivity index (χ3v) is 1.55. The zero-order valence-electron chi connectivity index (χ0n) is 7.68. The standard InChI is InChI=1S/C8H5F4N3O/c9-2-4-1-5(14)6(3-13)15-7(4)16-8(10,11)12/h1H,2,14H2. The minimum Gasteiger partial charge on any atom is -0.396 e. The Kier molecular flexibility index (Phi) is 3.17. The van der Waals surface area contributed by atoms with Crippen molar-refractivity contribution >= 4 is 5.69 Å². The average Bonchev–Trinajstić information content (AvgIpc) is 2.18. The SMILES string of the molecule is N#Cc1nc(OC(F)(F)F)c(CF)cc1N. The molecule has 0 radical (unpaired) electrons. The number of alkyl halides is 4. The normalized spacial score (nSPS) is 10.9. The number of nitrogens with two attached hydrogens (primary N) is 1. The number of hydrogen-bond acceptors (Lipinski definition) is 4. The topological polar surface area (TPSA) is 71.9 Å². The van der Waals surface area contributed by atoms with E-state index in [0.29, 0.717) is 0 Å². The molecule has 0 bridgehead atoms. The van der Waals surface area contributed by atoms with Crippen LogP contribution in [-0.2, 0) is 6.67 Å². The molecule has 86 valence electrons. The van der Waals surface area contributed by atoms with Gasteiger partial charge in [-0.3, -0.25) is 0 Å². The summed E-state index contributed by atoms with van der Waals surface area (Å²) >= 11 is 0. The summed E-state index contributed by atoms with van der Waals surface area (Å²) in [5.74, 6) is -0.999. The second-order valence-electron chi connectivity index (χ2n) is 2.68. The first-order valence-electron chi connectivity index (χ1n) is 3.88. The molecule has 0 aromatic carbocycles. The fraction of sp³-hybridized carbons (Fsp3) is 0.250. The van der Waals surface area contributed by atoms with E-state index in [9.17, 15) is 17.6 Å². The molecule has 0 aliphatic heterocycles. The molecule has 0 atom stereocenters. The van der Waals surface area contributed by atoms with Gasteiger partial charge in [-0.05, 0) is 6.07 Å². The third-order valence-electron chi connectivity index (χ3n) is 1.55. The van der Waals surface area contributed by atoms with Gasteiger partial charge in [-0.1, -0.05) is 0 Å². The Labute approximate surface area is 87.3 Å². The van der Waals surface area contributed by atoms with Crippen molar-refractivity contribution in [3.05, 3.63) is 17.3 Å². The van der Waals surface area contributed by atoms with Gasteiger partial charge in [-0.25, -0.2) is 4.39 Å². The second-order valence-corrected chi connectivity index (χ2v) is 2.68. The molecule has 0 saturated heterocycles. The van der Waals surface area contributed by atoms with E-state index in [1.807, 2.05) is 0 Å². The maximum atomic E-state index is 12.4. The number of rotatable bonds is 2. The van der Waals surface area contributed by atoms with Crippen molar-refractivity contribution < 1.29 is 22.3 Å². The molecule has 0 aliphatic carbocycles. The van der Waals surface area contributed by atoms with Crippen LogP contribution in [0.3, 0.4) is 0 Å². The molecule has 1 rings (SSSR count). The van der Waals surface area contributed by atoms with Crippen molar-refractivity contribution in [2.75, 3.05) is 5.73 Å². The molecular weight excluding hydrogens is 230 g/mol. The van der Waals surface area contributed by atoms with E-state index in [1.165, 1.54) is 6.07 Å². The van der Waals surface area contributed by atoms with Crippen LogP contribution in [-0.4, -0.2) is 11.3 Å². The molecule has 2 N–H and O–H groups in total. The van der Waals surface area contributed by atoms with Gasteiger partial charge in [0.25, 0.3) is 0 Å². The fourth-order valence-electron chi connectivity index (χ4n) is 0.939. The Balaban J connectivity index is 3.21. The van der Waals surface area contributed by atoms with Gasteiger partial charge in [0.15, 0.2) is 5.69 Å². The Bertz CT molecular complexity index is 438. The smallest absolute Gasteiger partial charge is 0.396 e. The van der Waals surface area contributed by atoms with Gasteiger partial charge < -0.3 is 10.5 Å². The summed E-state index contributed by atoms with van der Waals surface area (Å²) in [5, 5.41) is 8.48. The first-order chi connectivity index (χ1) is 7.37. The van der Waals surface area contributed by atoms with E-state index in [2.05, 4.69) is 9.72 Å². The van der Waals surface area contributed by atoms with Crippen LogP contribution < -0.4 is 10.5 Å². The van der Waals surface area contributed by atoms with Gasteiger partial charge in [0.1, 0.15) is 12.7 Å². The molecule has 0 unspecified atom stereocenters. The van der Waals surface area contributed by atoms with Crippen LogP contribution in [0.2, 0.25) is 0 Å². The highest BCUT2D eigenvalue weighted by molar-refractivity contribution is 5.53. The number of halogens is 4. The summed E-state index contributed by atoms with van der Waals surface area (Å²) in [6.45, 7) is -1.23. The molecule has 8 heteroatoms. The maximum Gasteiger partial charge on any atom is 0.574 e. The van der Waals surface area contributed by atoms with Crippen LogP contribution in [0, 0.1) is 11.3 Å². The van der Waals surface area contributed by atoms with E-state index < -0.39 is 30.2 Å². The predicted molar refractivity (Wildman–Crippen MR) is 44.9 cm³/mol.